The third-order valence-corrected chi connectivity index (χ3v) is 5.83. The van der Waals surface area contributed by atoms with Gasteiger partial charge in [0.25, 0.3) is 0 Å². The largest absolute Gasteiger partial charge is 0.369 e. The van der Waals surface area contributed by atoms with Gasteiger partial charge in [0.1, 0.15) is 5.82 Å². The summed E-state index contributed by atoms with van der Waals surface area (Å²) in [5.41, 5.74) is 2.01. The predicted octanol–water partition coefficient (Wildman–Crippen LogP) is 3.05. The van der Waals surface area contributed by atoms with Crippen molar-refractivity contribution in [2.24, 2.45) is 0 Å². The number of halogens is 1. The van der Waals surface area contributed by atoms with E-state index < -0.39 is 0 Å². The van der Waals surface area contributed by atoms with E-state index in [1.807, 2.05) is 35.2 Å². The Morgan fingerprint density at radius 1 is 1.07 bits per heavy atom. The maximum absolute atomic E-state index is 13.1. The van der Waals surface area contributed by atoms with Crippen molar-refractivity contribution in [2.75, 3.05) is 44.2 Å². The van der Waals surface area contributed by atoms with Crippen LogP contribution in [0.5, 0.6) is 0 Å². The van der Waals surface area contributed by atoms with Crippen LogP contribution in [0.25, 0.3) is 6.08 Å². The predicted molar refractivity (Wildman–Crippen MR) is 113 cm³/mol. The zero-order valence-corrected chi connectivity index (χ0v) is 16.6. The molecule has 4 rings (SSSR count). The minimum absolute atomic E-state index is 0.0727. The van der Waals surface area contributed by atoms with Crippen LogP contribution in [0.3, 0.4) is 0 Å². The smallest absolute Gasteiger partial charge is 0.246 e. The first-order chi connectivity index (χ1) is 14.2. The molecule has 0 bridgehead atoms. The molecule has 0 aliphatic carbocycles. The van der Waals surface area contributed by atoms with Crippen molar-refractivity contribution >= 4 is 17.7 Å². The van der Waals surface area contributed by atoms with Crippen LogP contribution in [0.2, 0.25) is 0 Å². The van der Waals surface area contributed by atoms with Crippen molar-refractivity contribution in [1.82, 2.24) is 14.8 Å². The fourth-order valence-corrected chi connectivity index (χ4v) is 4.20. The van der Waals surface area contributed by atoms with Gasteiger partial charge in [-0.3, -0.25) is 14.7 Å². The number of rotatable bonds is 4. The lowest BCUT2D eigenvalue weighted by Crippen LogP contribution is -2.55. The van der Waals surface area contributed by atoms with Gasteiger partial charge in [-0.1, -0.05) is 6.07 Å². The van der Waals surface area contributed by atoms with E-state index in [-0.39, 0.29) is 11.7 Å². The molecule has 1 aromatic heterocycles. The molecule has 2 aliphatic heterocycles. The highest BCUT2D eigenvalue weighted by Crippen LogP contribution is 2.21. The second-order valence-corrected chi connectivity index (χ2v) is 7.70. The molecule has 1 atom stereocenters. The molecule has 2 aromatic rings. The maximum Gasteiger partial charge on any atom is 0.246 e. The molecule has 0 spiro atoms. The molecule has 5 nitrogen and oxygen atoms in total. The van der Waals surface area contributed by atoms with E-state index in [9.17, 15) is 9.18 Å². The number of aromatic nitrogens is 1. The minimum Gasteiger partial charge on any atom is -0.369 e. The van der Waals surface area contributed by atoms with Crippen LogP contribution in [-0.2, 0) is 4.79 Å². The van der Waals surface area contributed by atoms with Crippen molar-refractivity contribution in [2.45, 2.75) is 18.9 Å². The van der Waals surface area contributed by atoms with Crippen molar-refractivity contribution < 1.29 is 9.18 Å². The van der Waals surface area contributed by atoms with Gasteiger partial charge in [0.05, 0.1) is 0 Å². The van der Waals surface area contributed by atoms with E-state index >= 15 is 0 Å². The van der Waals surface area contributed by atoms with Crippen LogP contribution in [0.4, 0.5) is 10.1 Å². The number of carbonyl (C=O) groups is 1. The standard InChI is InChI=1S/C23H27FN4O/c24-20-6-8-21(9-7-20)26-13-15-27(16-14-26)22-4-2-12-28(18-22)23(29)10-5-19-3-1-11-25-17-19/h1,3,5-11,17,22H,2,4,12-16,18H2. The lowest BCUT2D eigenvalue weighted by molar-refractivity contribution is -0.128. The lowest BCUT2D eigenvalue weighted by Gasteiger charge is -2.43. The van der Waals surface area contributed by atoms with Gasteiger partial charge in [-0.15, -0.1) is 0 Å². The van der Waals surface area contributed by atoms with Crippen LogP contribution in [0, 0.1) is 5.82 Å². The van der Waals surface area contributed by atoms with Crippen LogP contribution < -0.4 is 4.90 Å². The maximum atomic E-state index is 13.1. The van der Waals surface area contributed by atoms with E-state index in [1.165, 1.54) is 12.1 Å². The number of likely N-dealkylation sites (tertiary alicyclic amines) is 1. The molecule has 29 heavy (non-hydrogen) atoms. The highest BCUT2D eigenvalue weighted by Gasteiger charge is 2.29. The molecule has 0 N–H and O–H groups in total. The summed E-state index contributed by atoms with van der Waals surface area (Å²) < 4.78 is 13.1. The number of carbonyl (C=O) groups excluding carboxylic acids is 1. The summed E-state index contributed by atoms with van der Waals surface area (Å²) in [5.74, 6) is -0.125. The van der Waals surface area contributed by atoms with Crippen molar-refractivity contribution in [3.8, 4) is 0 Å². The topological polar surface area (TPSA) is 39.7 Å². The number of hydrogen-bond acceptors (Lipinski definition) is 4. The van der Waals surface area contributed by atoms with E-state index in [1.54, 1.807) is 18.5 Å². The molecular weight excluding hydrogens is 367 g/mol. The van der Waals surface area contributed by atoms with Crippen LogP contribution in [-0.4, -0.2) is 66.0 Å². The number of pyridine rings is 1. The number of nitrogens with zero attached hydrogens (tertiary/aromatic N) is 4. The molecule has 0 saturated carbocycles. The molecule has 0 radical (unpaired) electrons. The van der Waals surface area contributed by atoms with Gasteiger partial charge in [-0.25, -0.2) is 4.39 Å². The Hall–Kier alpha value is -2.73. The molecule has 6 heteroatoms. The molecule has 1 amide bonds. The summed E-state index contributed by atoms with van der Waals surface area (Å²) in [5, 5.41) is 0. The van der Waals surface area contributed by atoms with E-state index in [0.717, 1.165) is 63.4 Å². The van der Waals surface area contributed by atoms with E-state index in [2.05, 4.69) is 14.8 Å². The molecule has 2 aliphatic rings. The first kappa shape index (κ1) is 19.6. The first-order valence-electron chi connectivity index (χ1n) is 10.3. The number of anilines is 1. The van der Waals surface area contributed by atoms with Gasteiger partial charge >= 0.3 is 0 Å². The van der Waals surface area contributed by atoms with Crippen molar-refractivity contribution in [3.63, 3.8) is 0 Å². The number of piperazine rings is 1. The van der Waals surface area contributed by atoms with Crippen LogP contribution in [0.15, 0.2) is 54.9 Å². The monoisotopic (exact) mass is 394 g/mol. The Morgan fingerprint density at radius 2 is 1.86 bits per heavy atom. The Bertz CT molecular complexity index is 832. The second kappa shape index (κ2) is 9.18. The normalized spacial score (nSPS) is 20.9. The van der Waals surface area contributed by atoms with E-state index in [4.69, 9.17) is 0 Å². The van der Waals surface area contributed by atoms with Crippen LogP contribution in [0.1, 0.15) is 18.4 Å². The minimum atomic E-state index is -0.197. The average molecular weight is 394 g/mol. The number of hydrogen-bond donors (Lipinski definition) is 0. The van der Waals surface area contributed by atoms with Gasteiger partial charge in [0.2, 0.25) is 5.91 Å². The van der Waals surface area contributed by atoms with Gasteiger partial charge in [-0.05, 0) is 54.8 Å². The molecule has 3 heterocycles. The summed E-state index contributed by atoms with van der Waals surface area (Å²) in [6.45, 7) is 5.40. The molecule has 152 valence electrons. The lowest BCUT2D eigenvalue weighted by atomic mass is 10.0. The average Bonchev–Trinajstić information content (AvgIpc) is 2.79. The van der Waals surface area contributed by atoms with Gasteiger partial charge in [0.15, 0.2) is 0 Å². The zero-order chi connectivity index (χ0) is 20.1. The fourth-order valence-electron chi connectivity index (χ4n) is 4.20. The number of amides is 1. The SMILES string of the molecule is O=C(C=Cc1cccnc1)N1CCCC(N2CCN(c3ccc(F)cc3)CC2)C1. The Morgan fingerprint density at radius 3 is 2.59 bits per heavy atom. The molecule has 2 fully saturated rings. The first-order valence-corrected chi connectivity index (χ1v) is 10.3. The molecule has 2 saturated heterocycles. The third-order valence-electron chi connectivity index (χ3n) is 5.83. The summed E-state index contributed by atoms with van der Waals surface area (Å²) in [6, 6.07) is 11.0. The van der Waals surface area contributed by atoms with Gasteiger partial charge < -0.3 is 9.80 Å². The van der Waals surface area contributed by atoms with E-state index in [0.29, 0.717) is 6.04 Å². The van der Waals surface area contributed by atoms with Gasteiger partial charge in [0, 0.05) is 69.5 Å². The van der Waals surface area contributed by atoms with Crippen LogP contribution >= 0.6 is 0 Å². The highest BCUT2D eigenvalue weighted by molar-refractivity contribution is 5.91. The number of piperidine rings is 1. The molecule has 1 aromatic carbocycles. The van der Waals surface area contributed by atoms with Gasteiger partial charge in [-0.2, -0.15) is 0 Å². The zero-order valence-electron chi connectivity index (χ0n) is 16.6. The molecular formula is C23H27FN4O. The summed E-state index contributed by atoms with van der Waals surface area (Å²) >= 11 is 0. The Balaban J connectivity index is 1.30. The Kier molecular flexibility index (Phi) is 6.20. The summed E-state index contributed by atoms with van der Waals surface area (Å²) in [7, 11) is 0. The number of benzene rings is 1. The second-order valence-electron chi connectivity index (χ2n) is 7.70. The fraction of sp³-hybridized carbons (Fsp3) is 0.391. The molecule has 1 unspecified atom stereocenters. The summed E-state index contributed by atoms with van der Waals surface area (Å²) in [4.78, 5) is 23.5. The van der Waals surface area contributed by atoms with Crippen molar-refractivity contribution in [1.29, 1.82) is 0 Å². The quantitative estimate of drug-likeness (QED) is 0.748. The Labute approximate surface area is 171 Å². The third kappa shape index (κ3) is 5.01. The highest BCUT2D eigenvalue weighted by atomic mass is 19.1. The van der Waals surface area contributed by atoms with Crippen molar-refractivity contribution in [3.05, 3.63) is 66.2 Å². The summed E-state index contributed by atoms with van der Waals surface area (Å²) in [6.07, 6.45) is 9.14.